The number of amides is 3. The van der Waals surface area contributed by atoms with E-state index in [2.05, 4.69) is 10.6 Å². The first-order valence-electron chi connectivity index (χ1n) is 8.94. The Morgan fingerprint density at radius 3 is 2.20 bits per heavy atom. The molecule has 1 aliphatic heterocycles. The molecular formula is C19H27N3O3. The van der Waals surface area contributed by atoms with Crippen molar-refractivity contribution in [2.75, 3.05) is 26.2 Å². The van der Waals surface area contributed by atoms with Crippen LogP contribution in [0.15, 0.2) is 30.3 Å². The largest absolute Gasteiger partial charge is 0.356 e. The fraction of sp³-hybridized carbons (Fsp3) is 0.526. The number of hydrogen-bond donors (Lipinski definition) is 2. The second-order valence-electron chi connectivity index (χ2n) is 6.41. The summed E-state index contributed by atoms with van der Waals surface area (Å²) in [6.45, 7) is 4.01. The van der Waals surface area contributed by atoms with Crippen molar-refractivity contribution in [1.82, 2.24) is 15.5 Å². The minimum atomic E-state index is -0.0270. The number of rotatable bonds is 7. The Hall–Kier alpha value is -2.37. The fourth-order valence-electron chi connectivity index (χ4n) is 2.98. The highest BCUT2D eigenvalue weighted by Gasteiger charge is 2.27. The zero-order valence-electron chi connectivity index (χ0n) is 14.8. The van der Waals surface area contributed by atoms with Gasteiger partial charge in [0.25, 0.3) is 5.91 Å². The minimum absolute atomic E-state index is 0.0184. The Bertz CT molecular complexity index is 581. The molecule has 1 aliphatic rings. The van der Waals surface area contributed by atoms with E-state index >= 15 is 0 Å². The van der Waals surface area contributed by atoms with E-state index in [1.165, 1.54) is 6.92 Å². The maximum absolute atomic E-state index is 12.4. The first-order valence-corrected chi connectivity index (χ1v) is 8.94. The highest BCUT2D eigenvalue weighted by atomic mass is 16.2. The number of carbonyl (C=O) groups excluding carboxylic acids is 3. The number of nitrogens with zero attached hydrogens (tertiary/aromatic N) is 1. The molecule has 6 nitrogen and oxygen atoms in total. The molecule has 0 atom stereocenters. The normalized spacial score (nSPS) is 14.8. The second-order valence-corrected chi connectivity index (χ2v) is 6.41. The maximum atomic E-state index is 12.4. The molecule has 2 N–H and O–H groups in total. The third-order valence-corrected chi connectivity index (χ3v) is 4.45. The zero-order valence-corrected chi connectivity index (χ0v) is 14.8. The molecule has 1 heterocycles. The van der Waals surface area contributed by atoms with Crippen LogP contribution in [0.2, 0.25) is 0 Å². The van der Waals surface area contributed by atoms with Crippen molar-refractivity contribution in [3.8, 4) is 0 Å². The second kappa shape index (κ2) is 9.81. The molecule has 0 radical (unpaired) electrons. The third kappa shape index (κ3) is 6.21. The molecular weight excluding hydrogens is 318 g/mol. The number of nitrogens with one attached hydrogen (secondary N) is 2. The zero-order chi connectivity index (χ0) is 18.1. The van der Waals surface area contributed by atoms with Gasteiger partial charge < -0.3 is 15.5 Å². The molecule has 3 amide bonds. The first kappa shape index (κ1) is 19.0. The predicted molar refractivity (Wildman–Crippen MR) is 96.0 cm³/mol. The molecule has 2 rings (SSSR count). The van der Waals surface area contributed by atoms with Gasteiger partial charge in [-0.05, 0) is 37.8 Å². The van der Waals surface area contributed by atoms with E-state index < -0.39 is 0 Å². The van der Waals surface area contributed by atoms with Crippen LogP contribution in [0.1, 0.15) is 43.0 Å². The number of piperidine rings is 1. The van der Waals surface area contributed by atoms with Crippen LogP contribution in [0.25, 0.3) is 0 Å². The van der Waals surface area contributed by atoms with Gasteiger partial charge in [-0.25, -0.2) is 0 Å². The van der Waals surface area contributed by atoms with Crippen molar-refractivity contribution < 1.29 is 14.4 Å². The lowest BCUT2D eigenvalue weighted by Gasteiger charge is -2.31. The summed E-state index contributed by atoms with van der Waals surface area (Å²) < 4.78 is 0. The van der Waals surface area contributed by atoms with E-state index in [0.29, 0.717) is 44.6 Å². The molecule has 1 aromatic carbocycles. The van der Waals surface area contributed by atoms with E-state index in [9.17, 15) is 14.4 Å². The third-order valence-electron chi connectivity index (χ3n) is 4.45. The van der Waals surface area contributed by atoms with Crippen LogP contribution < -0.4 is 10.6 Å². The van der Waals surface area contributed by atoms with Crippen molar-refractivity contribution >= 4 is 17.7 Å². The number of benzene rings is 1. The summed E-state index contributed by atoms with van der Waals surface area (Å²) in [5.74, 6) is 0.0692. The Balaban J connectivity index is 1.65. The SMILES string of the molecule is CC(=O)NCCCCNC(=O)C1CCN(C(=O)c2ccccc2)CC1. The number of unbranched alkanes of at least 4 members (excludes halogenated alkanes) is 1. The average molecular weight is 345 g/mol. The predicted octanol–water partition coefficient (Wildman–Crippen LogP) is 1.57. The van der Waals surface area contributed by atoms with Crippen LogP contribution in [0, 0.1) is 5.92 Å². The molecule has 0 saturated carbocycles. The van der Waals surface area contributed by atoms with Gasteiger partial charge in [0.15, 0.2) is 0 Å². The van der Waals surface area contributed by atoms with Crippen LogP contribution in [0.4, 0.5) is 0 Å². The number of carbonyl (C=O) groups is 3. The van der Waals surface area contributed by atoms with Crippen molar-refractivity contribution in [3.63, 3.8) is 0 Å². The van der Waals surface area contributed by atoms with Gasteiger partial charge in [0.1, 0.15) is 0 Å². The summed E-state index contributed by atoms with van der Waals surface area (Å²) in [5.41, 5.74) is 0.699. The molecule has 0 aliphatic carbocycles. The van der Waals surface area contributed by atoms with Crippen LogP contribution in [0.3, 0.4) is 0 Å². The molecule has 0 aromatic heterocycles. The van der Waals surface area contributed by atoms with E-state index in [1.54, 1.807) is 0 Å². The number of likely N-dealkylation sites (tertiary alicyclic amines) is 1. The Kier molecular flexibility index (Phi) is 7.44. The summed E-state index contributed by atoms with van der Waals surface area (Å²) in [7, 11) is 0. The van der Waals surface area contributed by atoms with Gasteiger partial charge >= 0.3 is 0 Å². The van der Waals surface area contributed by atoms with Crippen molar-refractivity contribution in [2.24, 2.45) is 5.92 Å². The summed E-state index contributed by atoms with van der Waals surface area (Å²) in [6.07, 6.45) is 3.10. The fourth-order valence-corrected chi connectivity index (χ4v) is 2.98. The lowest BCUT2D eigenvalue weighted by Crippen LogP contribution is -2.43. The van der Waals surface area contributed by atoms with E-state index in [0.717, 1.165) is 12.8 Å². The van der Waals surface area contributed by atoms with E-state index in [4.69, 9.17) is 0 Å². The molecule has 136 valence electrons. The molecule has 1 aromatic rings. The standard InChI is InChI=1S/C19H27N3O3/c1-15(23)20-11-5-6-12-21-18(24)16-9-13-22(14-10-16)19(25)17-7-3-2-4-8-17/h2-4,7-8,16H,5-6,9-14H2,1H3,(H,20,23)(H,21,24). The van der Waals surface area contributed by atoms with Crippen molar-refractivity contribution in [1.29, 1.82) is 0 Å². The molecule has 0 bridgehead atoms. The van der Waals surface area contributed by atoms with Crippen LogP contribution >= 0.6 is 0 Å². The van der Waals surface area contributed by atoms with Gasteiger partial charge in [-0.1, -0.05) is 18.2 Å². The number of hydrogen-bond acceptors (Lipinski definition) is 3. The summed E-state index contributed by atoms with van der Waals surface area (Å²) >= 11 is 0. The van der Waals surface area contributed by atoms with Gasteiger partial charge in [0.2, 0.25) is 11.8 Å². The summed E-state index contributed by atoms with van der Waals surface area (Å²) in [5, 5.41) is 5.70. The highest BCUT2D eigenvalue weighted by Crippen LogP contribution is 2.19. The molecule has 0 spiro atoms. The van der Waals surface area contributed by atoms with E-state index in [1.807, 2.05) is 35.2 Å². The monoisotopic (exact) mass is 345 g/mol. The molecule has 1 saturated heterocycles. The van der Waals surface area contributed by atoms with Crippen LogP contribution in [0.5, 0.6) is 0 Å². The van der Waals surface area contributed by atoms with Crippen molar-refractivity contribution in [3.05, 3.63) is 35.9 Å². The Labute approximate surface area is 149 Å². The van der Waals surface area contributed by atoms with Gasteiger partial charge in [-0.3, -0.25) is 14.4 Å². The highest BCUT2D eigenvalue weighted by molar-refractivity contribution is 5.94. The quantitative estimate of drug-likeness (QED) is 0.736. The van der Waals surface area contributed by atoms with Crippen molar-refractivity contribution in [2.45, 2.75) is 32.6 Å². The van der Waals surface area contributed by atoms with Gasteiger partial charge in [-0.2, -0.15) is 0 Å². The molecule has 25 heavy (non-hydrogen) atoms. The smallest absolute Gasteiger partial charge is 0.253 e. The first-order chi connectivity index (χ1) is 12.1. The van der Waals surface area contributed by atoms with Gasteiger partial charge in [0.05, 0.1) is 0 Å². The minimum Gasteiger partial charge on any atom is -0.356 e. The van der Waals surface area contributed by atoms with E-state index in [-0.39, 0.29) is 23.6 Å². The lowest BCUT2D eigenvalue weighted by molar-refractivity contribution is -0.126. The molecule has 0 unspecified atom stereocenters. The summed E-state index contributed by atoms with van der Waals surface area (Å²) in [6, 6.07) is 9.26. The Morgan fingerprint density at radius 1 is 1.00 bits per heavy atom. The van der Waals surface area contributed by atoms with Crippen LogP contribution in [-0.2, 0) is 9.59 Å². The van der Waals surface area contributed by atoms with Gasteiger partial charge in [-0.15, -0.1) is 0 Å². The molecule has 6 heteroatoms. The summed E-state index contributed by atoms with van der Waals surface area (Å²) in [4.78, 5) is 37.2. The topological polar surface area (TPSA) is 78.5 Å². The maximum Gasteiger partial charge on any atom is 0.253 e. The van der Waals surface area contributed by atoms with Gasteiger partial charge in [0, 0.05) is 44.6 Å². The Morgan fingerprint density at radius 2 is 1.60 bits per heavy atom. The molecule has 1 fully saturated rings. The van der Waals surface area contributed by atoms with Crippen LogP contribution in [-0.4, -0.2) is 48.8 Å². The lowest BCUT2D eigenvalue weighted by atomic mass is 9.95. The average Bonchev–Trinajstić information content (AvgIpc) is 2.64.